The van der Waals surface area contributed by atoms with Crippen molar-refractivity contribution in [3.05, 3.63) is 89.5 Å². The maximum absolute atomic E-state index is 12.5. The number of rotatable bonds is 20. The minimum absolute atomic E-state index is 0.0264. The van der Waals surface area contributed by atoms with Crippen molar-refractivity contribution in [3.63, 3.8) is 0 Å². The van der Waals surface area contributed by atoms with Crippen LogP contribution in [-0.2, 0) is 19.1 Å². The zero-order valence-electron chi connectivity index (χ0n) is 28.8. The number of nitrogens with zero attached hydrogens (tertiary/aromatic N) is 1. The van der Waals surface area contributed by atoms with Gasteiger partial charge < -0.3 is 35.6 Å². The van der Waals surface area contributed by atoms with E-state index in [2.05, 4.69) is 76.1 Å². The third-order valence-electron chi connectivity index (χ3n) is 8.78. The van der Waals surface area contributed by atoms with Crippen LogP contribution in [0.2, 0.25) is 0 Å². The van der Waals surface area contributed by atoms with Crippen LogP contribution in [0.1, 0.15) is 43.2 Å². The van der Waals surface area contributed by atoms with E-state index in [0.717, 1.165) is 46.7 Å². The van der Waals surface area contributed by atoms with Gasteiger partial charge in [-0.05, 0) is 55.2 Å². The first-order valence-corrected chi connectivity index (χ1v) is 19.3. The first-order valence-electron chi connectivity index (χ1n) is 17.4. The number of thioether (sulfide) groups is 2. The molecule has 5 rings (SSSR count). The Balaban J connectivity index is 0.869. The number of aryl methyl sites for hydroxylation is 1. The lowest BCUT2D eigenvalue weighted by molar-refractivity contribution is -0.122. The van der Waals surface area contributed by atoms with Crippen molar-refractivity contribution < 1.29 is 23.9 Å². The smallest absolute Gasteiger partial charge is 0.315 e. The minimum atomic E-state index is -0.0631. The highest BCUT2D eigenvalue weighted by molar-refractivity contribution is 8.03. The molecule has 2 aromatic rings. The van der Waals surface area contributed by atoms with Crippen LogP contribution in [0.3, 0.4) is 0 Å². The van der Waals surface area contributed by atoms with Gasteiger partial charge in [-0.15, -0.1) is 0 Å². The van der Waals surface area contributed by atoms with Crippen LogP contribution in [0.25, 0.3) is 5.57 Å². The third-order valence-corrected chi connectivity index (χ3v) is 11.3. The molecular formula is C38H49N5O5S2. The Bertz CT molecular complexity index is 1550. The zero-order chi connectivity index (χ0) is 35.1. The average Bonchev–Trinajstić information content (AvgIpc) is 3.67. The van der Waals surface area contributed by atoms with E-state index in [0.29, 0.717) is 64.2 Å². The molecule has 2 aromatic carbocycles. The number of para-hydroxylation sites is 1. The van der Waals surface area contributed by atoms with Crippen molar-refractivity contribution in [2.24, 2.45) is 0 Å². The molecule has 0 radical (unpaired) electrons. The van der Waals surface area contributed by atoms with E-state index in [-0.39, 0.29) is 29.9 Å². The predicted molar refractivity (Wildman–Crippen MR) is 203 cm³/mol. The number of hydrogen-bond acceptors (Lipinski definition) is 8. The molecule has 50 heavy (non-hydrogen) atoms. The molecule has 2 fully saturated rings. The Morgan fingerprint density at radius 3 is 2.48 bits per heavy atom. The van der Waals surface area contributed by atoms with Crippen molar-refractivity contribution in [2.45, 2.75) is 61.3 Å². The summed E-state index contributed by atoms with van der Waals surface area (Å²) in [7, 11) is 0. The number of unbranched alkanes of at least 4 members (excludes halogenated alkanes) is 1. The van der Waals surface area contributed by atoms with Crippen molar-refractivity contribution in [1.82, 2.24) is 21.3 Å². The molecule has 0 saturated carbocycles. The van der Waals surface area contributed by atoms with Gasteiger partial charge in [-0.3, -0.25) is 9.59 Å². The molecule has 3 aliphatic heterocycles. The molecule has 3 unspecified atom stereocenters. The largest absolute Gasteiger partial charge is 0.377 e. The molecular weight excluding hydrogens is 671 g/mol. The SMILES string of the molecule is C=C(/C=C1\C=CN(CCC(=O)NCCOCCOCCNC(=O)CCCCC2SCC3NC(=O)NC32)c2ccccc21)Sc1ccccc1C. The lowest BCUT2D eigenvalue weighted by atomic mass is 9.99. The van der Waals surface area contributed by atoms with E-state index in [1.165, 1.54) is 10.5 Å². The van der Waals surface area contributed by atoms with Crippen LogP contribution in [0.4, 0.5) is 10.5 Å². The molecule has 0 spiro atoms. The minimum Gasteiger partial charge on any atom is -0.377 e. The van der Waals surface area contributed by atoms with E-state index in [1.807, 2.05) is 42.2 Å². The number of fused-ring (bicyclic) bond motifs is 2. The lowest BCUT2D eigenvalue weighted by Crippen LogP contribution is -2.36. The Morgan fingerprint density at radius 2 is 1.70 bits per heavy atom. The number of nitrogens with one attached hydrogen (secondary N) is 4. The van der Waals surface area contributed by atoms with E-state index in [4.69, 9.17) is 9.47 Å². The molecule has 268 valence electrons. The van der Waals surface area contributed by atoms with Gasteiger partial charge in [-0.1, -0.05) is 61.2 Å². The molecule has 12 heteroatoms. The Morgan fingerprint density at radius 1 is 0.980 bits per heavy atom. The number of carbonyl (C=O) groups is 3. The van der Waals surface area contributed by atoms with Gasteiger partial charge in [-0.2, -0.15) is 11.8 Å². The summed E-state index contributed by atoms with van der Waals surface area (Å²) >= 11 is 3.57. The average molecular weight is 720 g/mol. The van der Waals surface area contributed by atoms with Gasteiger partial charge in [0.2, 0.25) is 11.8 Å². The predicted octanol–water partition coefficient (Wildman–Crippen LogP) is 5.40. The number of anilines is 1. The summed E-state index contributed by atoms with van der Waals surface area (Å²) in [6.07, 6.45) is 9.89. The quantitative estimate of drug-likeness (QED) is 0.0817. The summed E-state index contributed by atoms with van der Waals surface area (Å²) in [5.74, 6) is 0.962. The fourth-order valence-corrected chi connectivity index (χ4v) is 8.55. The standard InChI is InChI=1S/C38H49N5O5S2/c1-27-9-3-6-12-33(27)50-28(2)25-29-15-19-43(32-11-5-4-10-30(29)32)20-16-36(45)40-18-22-48-24-23-47-21-17-39-35(44)14-8-7-13-34-37-31(26-49-34)41-38(46)42-37/h3-6,9-12,15,19,25,31,34,37H,2,7-8,13-14,16-18,20-24,26H2,1H3,(H,39,44)(H,40,45)(H2,41,42,46)/b29-25+. The molecule has 2 saturated heterocycles. The third kappa shape index (κ3) is 11.4. The van der Waals surface area contributed by atoms with Crippen molar-refractivity contribution in [1.29, 1.82) is 0 Å². The molecule has 4 amide bonds. The number of benzene rings is 2. The second-order valence-electron chi connectivity index (χ2n) is 12.5. The highest BCUT2D eigenvalue weighted by Gasteiger charge is 2.42. The van der Waals surface area contributed by atoms with Gasteiger partial charge in [0.25, 0.3) is 0 Å². The molecule has 0 aromatic heterocycles. The van der Waals surface area contributed by atoms with E-state index >= 15 is 0 Å². The normalized spacial score (nSPS) is 19.9. The van der Waals surface area contributed by atoms with Crippen LogP contribution < -0.4 is 26.2 Å². The summed E-state index contributed by atoms with van der Waals surface area (Å²) in [4.78, 5) is 40.4. The Kier molecular flexibility index (Phi) is 14.7. The van der Waals surface area contributed by atoms with Crippen LogP contribution >= 0.6 is 23.5 Å². The second kappa shape index (κ2) is 19.6. The van der Waals surface area contributed by atoms with E-state index in [9.17, 15) is 14.4 Å². The number of carbonyl (C=O) groups excluding carboxylic acids is 3. The second-order valence-corrected chi connectivity index (χ2v) is 14.9. The van der Waals surface area contributed by atoms with Crippen LogP contribution in [0, 0.1) is 6.92 Å². The monoisotopic (exact) mass is 719 g/mol. The summed E-state index contributed by atoms with van der Waals surface area (Å²) in [5, 5.41) is 12.2. The Hall–Kier alpha value is -3.71. The molecule has 3 heterocycles. The lowest BCUT2D eigenvalue weighted by Gasteiger charge is -2.27. The summed E-state index contributed by atoms with van der Waals surface area (Å²) in [6, 6.07) is 16.9. The van der Waals surface area contributed by atoms with Crippen molar-refractivity contribution >= 4 is 52.6 Å². The summed E-state index contributed by atoms with van der Waals surface area (Å²) in [5.41, 5.74) is 4.51. The molecule has 3 atom stereocenters. The highest BCUT2D eigenvalue weighted by atomic mass is 32.2. The first-order chi connectivity index (χ1) is 24.4. The molecule has 10 nitrogen and oxygen atoms in total. The number of hydrogen-bond donors (Lipinski definition) is 4. The topological polar surface area (TPSA) is 121 Å². The van der Waals surface area contributed by atoms with Gasteiger partial charge in [0.05, 0.1) is 38.5 Å². The van der Waals surface area contributed by atoms with Crippen LogP contribution in [0.15, 0.2) is 83.3 Å². The Labute approximate surface area is 304 Å². The maximum Gasteiger partial charge on any atom is 0.315 e. The fourth-order valence-electron chi connectivity index (χ4n) is 6.16. The van der Waals surface area contributed by atoms with Gasteiger partial charge in [-0.25, -0.2) is 4.79 Å². The van der Waals surface area contributed by atoms with Crippen LogP contribution in [0.5, 0.6) is 0 Å². The maximum atomic E-state index is 12.5. The number of amides is 4. The summed E-state index contributed by atoms with van der Waals surface area (Å²) < 4.78 is 11.1. The van der Waals surface area contributed by atoms with Gasteiger partial charge in [0.1, 0.15) is 0 Å². The van der Waals surface area contributed by atoms with E-state index < -0.39 is 0 Å². The fraction of sp³-hybridized carbons (Fsp3) is 0.447. The first kappa shape index (κ1) is 37.5. The van der Waals surface area contributed by atoms with Gasteiger partial charge in [0.15, 0.2) is 0 Å². The zero-order valence-corrected chi connectivity index (χ0v) is 30.4. The van der Waals surface area contributed by atoms with Crippen molar-refractivity contribution in [2.75, 3.05) is 56.7 Å². The van der Waals surface area contributed by atoms with E-state index in [1.54, 1.807) is 11.8 Å². The molecule has 0 bridgehead atoms. The molecule has 3 aliphatic rings. The van der Waals surface area contributed by atoms with Crippen molar-refractivity contribution in [3.8, 4) is 0 Å². The van der Waals surface area contributed by atoms with Gasteiger partial charge in [0, 0.05) is 70.7 Å². The summed E-state index contributed by atoms with van der Waals surface area (Å²) in [6.45, 7) is 9.51. The number of ether oxygens (including phenoxy) is 2. The van der Waals surface area contributed by atoms with Crippen LogP contribution in [-0.4, -0.2) is 87.0 Å². The molecule has 4 N–H and O–H groups in total. The molecule has 0 aliphatic carbocycles. The number of allylic oxidation sites excluding steroid dienone is 3. The van der Waals surface area contributed by atoms with Gasteiger partial charge >= 0.3 is 6.03 Å². The number of urea groups is 1. The highest BCUT2D eigenvalue weighted by Crippen LogP contribution is 2.37.